The molecule has 1 aliphatic heterocycles. The van der Waals surface area contributed by atoms with Crippen LogP contribution in [0.15, 0.2) is 42.1 Å². The van der Waals surface area contributed by atoms with Gasteiger partial charge in [-0.2, -0.15) is 0 Å². The Balaban J connectivity index is 2.87. The van der Waals surface area contributed by atoms with Crippen LogP contribution in [0.4, 0.5) is 0 Å². The zero-order valence-corrected chi connectivity index (χ0v) is 9.90. The first-order valence-electron chi connectivity index (χ1n) is 5.41. The van der Waals surface area contributed by atoms with E-state index in [2.05, 4.69) is 23.5 Å². The maximum Gasteiger partial charge on any atom is 0.235 e. The minimum Gasteiger partial charge on any atom is -0.296 e. The summed E-state index contributed by atoms with van der Waals surface area (Å²) in [5, 5.41) is 2.30. The van der Waals surface area contributed by atoms with Gasteiger partial charge < -0.3 is 0 Å². The van der Waals surface area contributed by atoms with Gasteiger partial charge in [-0.1, -0.05) is 19.2 Å². The highest BCUT2D eigenvalue weighted by atomic mass is 16.2. The Bertz CT molecular complexity index is 419. The second-order valence-electron chi connectivity index (χ2n) is 3.84. The molecule has 1 N–H and O–H groups in total. The van der Waals surface area contributed by atoms with Gasteiger partial charge in [0, 0.05) is 12.6 Å². The molecule has 17 heavy (non-hydrogen) atoms. The summed E-state index contributed by atoms with van der Waals surface area (Å²) in [5.41, 5.74) is 1.48. The smallest absolute Gasteiger partial charge is 0.235 e. The van der Waals surface area contributed by atoms with Crippen LogP contribution in [0, 0.1) is 5.92 Å². The molecular weight excluding hydrogens is 216 g/mol. The van der Waals surface area contributed by atoms with Crippen LogP contribution < -0.4 is 5.32 Å². The fourth-order valence-corrected chi connectivity index (χ4v) is 1.49. The predicted octanol–water partition coefficient (Wildman–Crippen LogP) is 1.76. The van der Waals surface area contributed by atoms with Crippen molar-refractivity contribution < 1.29 is 9.59 Å². The molecule has 0 saturated carbocycles. The normalized spacial score (nSPS) is 22.1. The number of nitrogens with one attached hydrogen (secondary N) is 1. The van der Waals surface area contributed by atoms with Crippen molar-refractivity contribution in [3.05, 3.63) is 37.1 Å². The Hall–Kier alpha value is -1.97. The zero-order valence-electron chi connectivity index (χ0n) is 9.90. The van der Waals surface area contributed by atoms with Crippen molar-refractivity contribution in [1.82, 2.24) is 5.32 Å². The molecule has 0 radical (unpaired) electrons. The number of carbonyl (C=O) groups is 2. The third kappa shape index (κ3) is 3.52. The van der Waals surface area contributed by atoms with Crippen LogP contribution >= 0.6 is 0 Å². The van der Waals surface area contributed by atoms with Gasteiger partial charge in [0.15, 0.2) is 0 Å². The molecule has 90 valence electrons. The van der Waals surface area contributed by atoms with Gasteiger partial charge in [0.25, 0.3) is 0 Å². The molecule has 1 saturated heterocycles. The van der Waals surface area contributed by atoms with Crippen molar-refractivity contribution in [2.45, 2.75) is 19.8 Å². The molecule has 2 amide bonds. The highest BCUT2D eigenvalue weighted by molar-refractivity contribution is 6.14. The van der Waals surface area contributed by atoms with Crippen LogP contribution in [-0.2, 0) is 9.59 Å². The standard InChI is InChI=1S/C13H16N2O2/c1-4-9(3)8-14-11(5-2)10-6-7-12(16)15-13(10)17/h4-5,8,10H,1-2,6-7H2,3H3,(H,15,16,17)/b9-8-,14-11?. The van der Waals surface area contributed by atoms with Gasteiger partial charge >= 0.3 is 0 Å². The number of imide groups is 1. The molecule has 1 unspecified atom stereocenters. The third-order valence-electron chi connectivity index (χ3n) is 2.54. The molecule has 0 aliphatic carbocycles. The van der Waals surface area contributed by atoms with Gasteiger partial charge in [-0.25, -0.2) is 0 Å². The molecule has 0 aromatic rings. The number of hydrogen-bond acceptors (Lipinski definition) is 3. The summed E-state index contributed by atoms with van der Waals surface area (Å²) >= 11 is 0. The van der Waals surface area contributed by atoms with E-state index in [0.29, 0.717) is 18.6 Å². The lowest BCUT2D eigenvalue weighted by Gasteiger charge is -2.20. The molecule has 0 bridgehead atoms. The Labute approximate surface area is 101 Å². The summed E-state index contributed by atoms with van der Waals surface area (Å²) in [6.45, 7) is 9.12. The van der Waals surface area contributed by atoms with Gasteiger partial charge in [-0.3, -0.25) is 19.9 Å². The monoisotopic (exact) mass is 232 g/mol. The quantitative estimate of drug-likeness (QED) is 0.456. The summed E-state index contributed by atoms with van der Waals surface area (Å²) in [6, 6.07) is 0. The SMILES string of the molecule is C=CC(=N/C=C(/C)C=C)C1CCC(=O)NC1=O. The zero-order chi connectivity index (χ0) is 12.8. The van der Waals surface area contributed by atoms with E-state index in [9.17, 15) is 9.59 Å². The molecule has 0 aromatic heterocycles. The lowest BCUT2D eigenvalue weighted by atomic mass is 9.93. The Morgan fingerprint density at radius 1 is 1.41 bits per heavy atom. The van der Waals surface area contributed by atoms with Gasteiger partial charge in [0.2, 0.25) is 11.8 Å². The fourth-order valence-electron chi connectivity index (χ4n) is 1.49. The Morgan fingerprint density at radius 2 is 2.12 bits per heavy atom. The molecule has 4 nitrogen and oxygen atoms in total. The predicted molar refractivity (Wildman–Crippen MR) is 67.5 cm³/mol. The Kier molecular flexibility index (Phi) is 4.57. The second-order valence-corrected chi connectivity index (χ2v) is 3.84. The topological polar surface area (TPSA) is 58.5 Å². The van der Waals surface area contributed by atoms with Crippen molar-refractivity contribution >= 4 is 17.5 Å². The first kappa shape index (κ1) is 13.1. The van der Waals surface area contributed by atoms with Gasteiger partial charge in [0.05, 0.1) is 11.6 Å². The van der Waals surface area contributed by atoms with Gasteiger partial charge in [-0.15, -0.1) is 0 Å². The number of aliphatic imine (C=N–C) groups is 1. The van der Waals surface area contributed by atoms with E-state index in [4.69, 9.17) is 0 Å². The van der Waals surface area contributed by atoms with E-state index < -0.39 is 0 Å². The molecule has 1 atom stereocenters. The van der Waals surface area contributed by atoms with E-state index in [1.165, 1.54) is 0 Å². The molecule has 0 aromatic carbocycles. The molecule has 4 heteroatoms. The van der Waals surface area contributed by atoms with Crippen LogP contribution in [0.2, 0.25) is 0 Å². The maximum atomic E-state index is 11.6. The van der Waals surface area contributed by atoms with E-state index in [1.807, 2.05) is 6.92 Å². The van der Waals surface area contributed by atoms with Gasteiger partial charge in [-0.05, 0) is 25.0 Å². The van der Waals surface area contributed by atoms with Crippen LogP contribution in [0.5, 0.6) is 0 Å². The number of carbonyl (C=O) groups excluding carboxylic acids is 2. The molecule has 1 heterocycles. The second kappa shape index (κ2) is 5.94. The minimum absolute atomic E-state index is 0.229. The third-order valence-corrected chi connectivity index (χ3v) is 2.54. The number of hydrogen-bond donors (Lipinski definition) is 1. The van der Waals surface area contributed by atoms with E-state index in [0.717, 1.165) is 5.57 Å². The number of amides is 2. The van der Waals surface area contributed by atoms with Crippen LogP contribution in [0.3, 0.4) is 0 Å². The molecule has 1 aliphatic rings. The molecule has 1 fully saturated rings. The molecular formula is C13H16N2O2. The average molecular weight is 232 g/mol. The molecule has 0 spiro atoms. The van der Waals surface area contributed by atoms with Crippen LogP contribution in [0.25, 0.3) is 0 Å². The lowest BCUT2D eigenvalue weighted by Crippen LogP contribution is -2.43. The maximum absolute atomic E-state index is 11.6. The highest BCUT2D eigenvalue weighted by Crippen LogP contribution is 2.15. The van der Waals surface area contributed by atoms with Crippen LogP contribution in [0.1, 0.15) is 19.8 Å². The number of allylic oxidation sites excluding steroid dienone is 3. The highest BCUT2D eigenvalue weighted by Gasteiger charge is 2.29. The average Bonchev–Trinajstić information content (AvgIpc) is 2.31. The first-order chi connectivity index (χ1) is 8.08. The van der Waals surface area contributed by atoms with E-state index >= 15 is 0 Å². The van der Waals surface area contributed by atoms with E-state index in [1.54, 1.807) is 18.4 Å². The summed E-state index contributed by atoms with van der Waals surface area (Å²) in [6.07, 6.45) is 5.68. The molecule has 1 rings (SSSR count). The number of rotatable bonds is 4. The van der Waals surface area contributed by atoms with Crippen molar-refractivity contribution in [2.75, 3.05) is 0 Å². The van der Waals surface area contributed by atoms with Crippen molar-refractivity contribution in [1.29, 1.82) is 0 Å². The minimum atomic E-state index is -0.390. The van der Waals surface area contributed by atoms with Crippen molar-refractivity contribution in [2.24, 2.45) is 10.9 Å². The summed E-state index contributed by atoms with van der Waals surface area (Å²) in [7, 11) is 0. The first-order valence-corrected chi connectivity index (χ1v) is 5.41. The van der Waals surface area contributed by atoms with Crippen molar-refractivity contribution in [3.63, 3.8) is 0 Å². The fraction of sp³-hybridized carbons (Fsp3) is 0.308. The summed E-state index contributed by atoms with van der Waals surface area (Å²) < 4.78 is 0. The lowest BCUT2D eigenvalue weighted by molar-refractivity contribution is -0.134. The Morgan fingerprint density at radius 3 is 2.65 bits per heavy atom. The number of piperidine rings is 1. The summed E-state index contributed by atoms with van der Waals surface area (Å²) in [4.78, 5) is 26.8. The van der Waals surface area contributed by atoms with Gasteiger partial charge in [0.1, 0.15) is 0 Å². The number of nitrogens with zero attached hydrogens (tertiary/aromatic N) is 1. The summed E-state index contributed by atoms with van der Waals surface area (Å²) in [5.74, 6) is -0.920. The van der Waals surface area contributed by atoms with E-state index in [-0.39, 0.29) is 17.7 Å². The largest absolute Gasteiger partial charge is 0.296 e. The van der Waals surface area contributed by atoms with Crippen molar-refractivity contribution in [3.8, 4) is 0 Å². The van der Waals surface area contributed by atoms with Crippen LogP contribution in [-0.4, -0.2) is 17.5 Å².